The number of fused-ring (bicyclic) bond motifs is 3. The van der Waals surface area contributed by atoms with Crippen LogP contribution in [-0.4, -0.2) is 23.7 Å². The molecular weight excluding hydrogens is 319 g/mol. The molecule has 5 heteroatoms. The lowest BCUT2D eigenvalue weighted by Gasteiger charge is -2.29. The highest BCUT2D eigenvalue weighted by atomic mass is 19.1. The summed E-state index contributed by atoms with van der Waals surface area (Å²) in [6, 6.07) is 12.2. The Morgan fingerprint density at radius 1 is 1.24 bits per heavy atom. The van der Waals surface area contributed by atoms with Gasteiger partial charge in [-0.05, 0) is 48.2 Å². The van der Waals surface area contributed by atoms with E-state index in [2.05, 4.69) is 11.2 Å². The van der Waals surface area contributed by atoms with Crippen molar-refractivity contribution in [2.24, 2.45) is 11.0 Å². The summed E-state index contributed by atoms with van der Waals surface area (Å²) in [5.74, 6) is 0.493. The van der Waals surface area contributed by atoms with Crippen LogP contribution in [0.3, 0.4) is 0 Å². The maximum absolute atomic E-state index is 13.3. The first-order valence-electron chi connectivity index (χ1n) is 8.39. The zero-order valence-corrected chi connectivity index (χ0v) is 14.2. The minimum absolute atomic E-state index is 0.106. The van der Waals surface area contributed by atoms with Crippen LogP contribution in [0.2, 0.25) is 0 Å². The number of methoxy groups -OCH3 is 1. The first-order valence-corrected chi connectivity index (χ1v) is 8.39. The Morgan fingerprint density at radius 3 is 2.68 bits per heavy atom. The van der Waals surface area contributed by atoms with E-state index in [-0.39, 0.29) is 23.7 Å². The molecule has 0 radical (unpaired) electrons. The third-order valence-electron chi connectivity index (χ3n) is 5.06. The van der Waals surface area contributed by atoms with Crippen LogP contribution in [-0.2, 0) is 11.2 Å². The van der Waals surface area contributed by atoms with Gasteiger partial charge >= 0.3 is 0 Å². The lowest BCUT2D eigenvalue weighted by molar-refractivity contribution is -0.131. The molecule has 2 aromatic carbocycles. The molecule has 0 saturated carbocycles. The molecule has 0 spiro atoms. The number of hydrogen-bond acceptors (Lipinski definition) is 3. The van der Waals surface area contributed by atoms with E-state index >= 15 is 0 Å². The van der Waals surface area contributed by atoms with Crippen molar-refractivity contribution in [3.63, 3.8) is 0 Å². The Kier molecular flexibility index (Phi) is 3.79. The third kappa shape index (κ3) is 2.60. The fourth-order valence-corrected chi connectivity index (χ4v) is 3.87. The summed E-state index contributed by atoms with van der Waals surface area (Å²) in [6.45, 7) is 1.52. The van der Waals surface area contributed by atoms with Gasteiger partial charge in [-0.3, -0.25) is 4.79 Å². The van der Waals surface area contributed by atoms with Crippen LogP contribution in [0.4, 0.5) is 4.39 Å². The highest BCUT2D eigenvalue weighted by Gasteiger charge is 2.43. The van der Waals surface area contributed by atoms with E-state index in [9.17, 15) is 9.18 Å². The molecule has 0 saturated heterocycles. The smallest absolute Gasteiger partial charge is 0.240 e. The van der Waals surface area contributed by atoms with Crippen LogP contribution in [0, 0.1) is 11.7 Å². The van der Waals surface area contributed by atoms with Crippen LogP contribution in [0.1, 0.15) is 36.1 Å². The summed E-state index contributed by atoms with van der Waals surface area (Å²) in [6.07, 6.45) is 1.83. The molecule has 1 amide bonds. The van der Waals surface area contributed by atoms with Gasteiger partial charge in [-0.15, -0.1) is 0 Å². The van der Waals surface area contributed by atoms with Crippen molar-refractivity contribution in [1.82, 2.24) is 5.01 Å². The highest BCUT2D eigenvalue weighted by molar-refractivity contribution is 6.07. The van der Waals surface area contributed by atoms with E-state index in [4.69, 9.17) is 4.74 Å². The van der Waals surface area contributed by atoms with Crippen LogP contribution >= 0.6 is 0 Å². The van der Waals surface area contributed by atoms with Crippen LogP contribution in [0.15, 0.2) is 47.6 Å². The van der Waals surface area contributed by atoms with Gasteiger partial charge in [0.05, 0.1) is 18.9 Å². The number of hydrazone groups is 1. The SMILES string of the molecule is COc1ccc2c(c1)C1=NN(C(C)=O)[C@@H](c3ccc(F)cc3)[C@H]1CC2. The maximum atomic E-state index is 13.3. The normalized spacial score (nSPS) is 21.4. The fourth-order valence-electron chi connectivity index (χ4n) is 3.87. The molecule has 25 heavy (non-hydrogen) atoms. The summed E-state index contributed by atoms with van der Waals surface area (Å²) in [4.78, 5) is 12.2. The van der Waals surface area contributed by atoms with Gasteiger partial charge in [0.1, 0.15) is 11.6 Å². The monoisotopic (exact) mass is 338 g/mol. The van der Waals surface area contributed by atoms with Gasteiger partial charge in [-0.25, -0.2) is 9.40 Å². The van der Waals surface area contributed by atoms with Gasteiger partial charge in [0.15, 0.2) is 0 Å². The molecule has 2 aromatic rings. The van der Waals surface area contributed by atoms with Crippen LogP contribution in [0.5, 0.6) is 5.75 Å². The zero-order chi connectivity index (χ0) is 17.6. The Bertz CT molecular complexity index is 860. The number of ether oxygens (including phenoxy) is 1. The number of amides is 1. The second kappa shape index (κ2) is 5.99. The topological polar surface area (TPSA) is 41.9 Å². The van der Waals surface area contributed by atoms with E-state index < -0.39 is 0 Å². The van der Waals surface area contributed by atoms with Crippen molar-refractivity contribution in [3.8, 4) is 5.75 Å². The standard InChI is InChI=1S/C20H19FN2O2/c1-12(24)23-20(14-3-7-15(21)8-4-14)17-10-6-13-5-9-16(25-2)11-18(13)19(17)22-23/h3-5,7-9,11,17,20H,6,10H2,1-2H3/t17-,20-/m0/s1. The molecule has 0 bridgehead atoms. The van der Waals surface area contributed by atoms with Gasteiger partial charge in [0, 0.05) is 18.4 Å². The second-order valence-corrected chi connectivity index (χ2v) is 6.51. The Balaban J connectivity index is 1.80. The third-order valence-corrected chi connectivity index (χ3v) is 5.06. The highest BCUT2D eigenvalue weighted by Crippen LogP contribution is 2.43. The average Bonchev–Trinajstić information content (AvgIpc) is 3.02. The quantitative estimate of drug-likeness (QED) is 0.838. The Hall–Kier alpha value is -2.69. The summed E-state index contributed by atoms with van der Waals surface area (Å²) in [5.41, 5.74) is 4.10. The number of carbonyl (C=O) groups is 1. The maximum Gasteiger partial charge on any atom is 0.240 e. The lowest BCUT2D eigenvalue weighted by Crippen LogP contribution is -2.31. The number of rotatable bonds is 2. The minimum atomic E-state index is -0.281. The number of carbonyl (C=O) groups excluding carboxylic acids is 1. The van der Waals surface area contributed by atoms with E-state index in [0.717, 1.165) is 35.4 Å². The van der Waals surface area contributed by atoms with Crippen molar-refractivity contribution in [2.45, 2.75) is 25.8 Å². The van der Waals surface area contributed by atoms with Gasteiger partial charge in [-0.1, -0.05) is 18.2 Å². The number of halogens is 1. The number of aryl methyl sites for hydroxylation is 1. The van der Waals surface area contributed by atoms with E-state index in [1.807, 2.05) is 12.1 Å². The summed E-state index contributed by atoms with van der Waals surface area (Å²) < 4.78 is 18.7. The number of hydrogen-bond donors (Lipinski definition) is 0. The van der Waals surface area contributed by atoms with Crippen molar-refractivity contribution in [1.29, 1.82) is 0 Å². The van der Waals surface area contributed by atoms with Gasteiger partial charge in [-0.2, -0.15) is 5.10 Å². The molecule has 1 heterocycles. The van der Waals surface area contributed by atoms with Crippen molar-refractivity contribution in [3.05, 3.63) is 65.0 Å². The first kappa shape index (κ1) is 15.8. The Morgan fingerprint density at radius 2 is 2.00 bits per heavy atom. The minimum Gasteiger partial charge on any atom is -0.497 e. The van der Waals surface area contributed by atoms with Gasteiger partial charge in [0.2, 0.25) is 5.91 Å². The number of benzene rings is 2. The summed E-state index contributed by atoms with van der Waals surface area (Å²) in [7, 11) is 1.64. The van der Waals surface area contributed by atoms with Gasteiger partial charge in [0.25, 0.3) is 0 Å². The van der Waals surface area contributed by atoms with E-state index in [1.165, 1.54) is 24.6 Å². The molecule has 0 unspecified atom stereocenters. The molecule has 0 aromatic heterocycles. The Labute approximate surface area is 145 Å². The molecule has 1 aliphatic carbocycles. The molecule has 2 atom stereocenters. The molecule has 128 valence electrons. The van der Waals surface area contributed by atoms with Crippen molar-refractivity contribution >= 4 is 11.6 Å². The van der Waals surface area contributed by atoms with E-state index in [1.54, 1.807) is 24.3 Å². The zero-order valence-electron chi connectivity index (χ0n) is 14.2. The molecular formula is C20H19FN2O2. The first-order chi connectivity index (χ1) is 12.1. The molecule has 2 aliphatic rings. The molecule has 4 nitrogen and oxygen atoms in total. The summed E-state index contributed by atoms with van der Waals surface area (Å²) in [5, 5.41) is 6.20. The predicted octanol–water partition coefficient (Wildman–Crippen LogP) is 3.70. The summed E-state index contributed by atoms with van der Waals surface area (Å²) >= 11 is 0. The number of nitrogens with zero attached hydrogens (tertiary/aromatic N) is 2. The van der Waals surface area contributed by atoms with Crippen LogP contribution < -0.4 is 4.74 Å². The van der Waals surface area contributed by atoms with Gasteiger partial charge < -0.3 is 4.74 Å². The second-order valence-electron chi connectivity index (χ2n) is 6.51. The molecule has 0 N–H and O–H groups in total. The molecule has 1 aliphatic heterocycles. The van der Waals surface area contributed by atoms with Crippen LogP contribution in [0.25, 0.3) is 0 Å². The predicted molar refractivity (Wildman–Crippen MR) is 93.0 cm³/mol. The molecule has 4 rings (SSSR count). The largest absolute Gasteiger partial charge is 0.497 e. The van der Waals surface area contributed by atoms with Crippen molar-refractivity contribution < 1.29 is 13.9 Å². The fraction of sp³-hybridized carbons (Fsp3) is 0.300. The van der Waals surface area contributed by atoms with E-state index in [0.29, 0.717) is 0 Å². The average molecular weight is 338 g/mol. The lowest BCUT2D eigenvalue weighted by atomic mass is 9.77. The van der Waals surface area contributed by atoms with Crippen molar-refractivity contribution in [2.75, 3.05) is 7.11 Å². The molecule has 0 fully saturated rings.